The summed E-state index contributed by atoms with van der Waals surface area (Å²) in [5, 5.41) is 0. The predicted molar refractivity (Wildman–Crippen MR) is 130 cm³/mol. The van der Waals surface area contributed by atoms with Crippen LogP contribution in [0, 0.1) is 5.92 Å². The van der Waals surface area contributed by atoms with Crippen LogP contribution in [0.3, 0.4) is 0 Å². The summed E-state index contributed by atoms with van der Waals surface area (Å²) in [6.45, 7) is 1.13. The molecule has 186 valence electrons. The second-order valence-electron chi connectivity index (χ2n) is 8.87. The van der Waals surface area contributed by atoms with E-state index in [4.69, 9.17) is 14.2 Å². The number of nitrogens with zero attached hydrogens (tertiary/aromatic N) is 2. The third kappa shape index (κ3) is 5.58. The fourth-order valence-corrected chi connectivity index (χ4v) is 4.84. The highest BCUT2D eigenvalue weighted by atomic mass is 16.5. The zero-order valence-corrected chi connectivity index (χ0v) is 20.3. The highest BCUT2D eigenvalue weighted by Crippen LogP contribution is 2.41. The second-order valence-corrected chi connectivity index (χ2v) is 8.87. The number of hydrogen-bond donors (Lipinski definition) is 0. The number of likely N-dealkylation sites (tertiary alicyclic amines) is 1. The van der Waals surface area contributed by atoms with E-state index in [1.165, 1.54) is 0 Å². The number of carbonyl (C=O) groups is 3. The number of carbonyl (C=O) groups excluding carboxylic acids is 3. The van der Waals surface area contributed by atoms with Gasteiger partial charge in [-0.3, -0.25) is 14.4 Å². The van der Waals surface area contributed by atoms with Crippen molar-refractivity contribution in [2.75, 3.05) is 38.8 Å². The summed E-state index contributed by atoms with van der Waals surface area (Å²) in [4.78, 5) is 42.4. The molecule has 0 N–H and O–H groups in total. The Bertz CT molecular complexity index is 1030. The van der Waals surface area contributed by atoms with E-state index in [0.717, 1.165) is 24.8 Å². The van der Waals surface area contributed by atoms with Gasteiger partial charge in [-0.15, -0.1) is 0 Å². The molecule has 2 aromatic rings. The number of methoxy groups -OCH3 is 2. The molecule has 0 unspecified atom stereocenters. The largest absolute Gasteiger partial charge is 0.497 e. The standard InChI is InChI=1S/C27H32N2O6/c1-33-21-10-6-19(7-11-21)26-23(27(32)35-18-25(31)28-16-4-3-5-17-28)14-15-24(30)29(26)20-8-12-22(34-2)13-9-20/h6-13,23,26H,3-5,14-18H2,1-2H3/t23-,26+/m1/s1. The van der Waals surface area contributed by atoms with Gasteiger partial charge in [0.2, 0.25) is 5.91 Å². The van der Waals surface area contributed by atoms with E-state index in [-0.39, 0.29) is 24.8 Å². The number of amides is 2. The molecule has 0 saturated carbocycles. The topological polar surface area (TPSA) is 85.4 Å². The lowest BCUT2D eigenvalue weighted by Gasteiger charge is -2.40. The quantitative estimate of drug-likeness (QED) is 0.561. The van der Waals surface area contributed by atoms with Crippen molar-refractivity contribution in [2.24, 2.45) is 5.92 Å². The van der Waals surface area contributed by atoms with Gasteiger partial charge in [0, 0.05) is 25.2 Å². The first-order chi connectivity index (χ1) is 17.0. The molecular formula is C27H32N2O6. The Hall–Kier alpha value is -3.55. The van der Waals surface area contributed by atoms with E-state index in [0.29, 0.717) is 36.7 Å². The second kappa shape index (κ2) is 11.3. The van der Waals surface area contributed by atoms with Crippen LogP contribution in [0.1, 0.15) is 43.7 Å². The first kappa shape index (κ1) is 24.6. The van der Waals surface area contributed by atoms with Gasteiger partial charge < -0.3 is 24.0 Å². The van der Waals surface area contributed by atoms with Crippen LogP contribution in [0.2, 0.25) is 0 Å². The molecule has 0 aliphatic carbocycles. The molecule has 2 atom stereocenters. The Kier molecular flexibility index (Phi) is 7.90. The number of hydrogen-bond acceptors (Lipinski definition) is 6. The van der Waals surface area contributed by atoms with Crippen molar-refractivity contribution in [2.45, 2.75) is 38.1 Å². The van der Waals surface area contributed by atoms with Gasteiger partial charge in [0.15, 0.2) is 6.61 Å². The Morgan fingerprint density at radius 2 is 1.49 bits per heavy atom. The van der Waals surface area contributed by atoms with Gasteiger partial charge in [0.25, 0.3) is 5.91 Å². The Morgan fingerprint density at radius 3 is 2.09 bits per heavy atom. The summed E-state index contributed by atoms with van der Waals surface area (Å²) in [6, 6.07) is 13.9. The lowest BCUT2D eigenvalue weighted by atomic mass is 9.83. The molecule has 0 radical (unpaired) electrons. The zero-order valence-electron chi connectivity index (χ0n) is 20.3. The first-order valence-corrected chi connectivity index (χ1v) is 12.1. The van der Waals surface area contributed by atoms with Crippen molar-refractivity contribution in [3.05, 3.63) is 54.1 Å². The summed E-state index contributed by atoms with van der Waals surface area (Å²) in [5.74, 6) is 0.0199. The molecule has 4 rings (SSSR count). The van der Waals surface area contributed by atoms with Gasteiger partial charge in [-0.2, -0.15) is 0 Å². The summed E-state index contributed by atoms with van der Waals surface area (Å²) in [6.07, 6.45) is 3.61. The molecule has 2 aliphatic heterocycles. The minimum atomic E-state index is -0.614. The monoisotopic (exact) mass is 480 g/mol. The third-order valence-electron chi connectivity index (χ3n) is 6.75. The first-order valence-electron chi connectivity index (χ1n) is 12.1. The number of ether oxygens (including phenoxy) is 3. The summed E-state index contributed by atoms with van der Waals surface area (Å²) < 4.78 is 16.1. The van der Waals surface area contributed by atoms with Gasteiger partial charge in [-0.05, 0) is 67.6 Å². The summed E-state index contributed by atoms with van der Waals surface area (Å²) >= 11 is 0. The number of rotatable bonds is 7. The van der Waals surface area contributed by atoms with E-state index in [9.17, 15) is 14.4 Å². The van der Waals surface area contributed by atoms with Crippen molar-refractivity contribution in [3.8, 4) is 11.5 Å². The molecule has 2 amide bonds. The Balaban J connectivity index is 1.60. The maximum Gasteiger partial charge on any atom is 0.311 e. The Morgan fingerprint density at radius 1 is 0.886 bits per heavy atom. The highest BCUT2D eigenvalue weighted by Gasteiger charge is 2.42. The van der Waals surface area contributed by atoms with Crippen LogP contribution >= 0.6 is 0 Å². The third-order valence-corrected chi connectivity index (χ3v) is 6.75. The average Bonchev–Trinajstić information content (AvgIpc) is 2.92. The molecule has 2 fully saturated rings. The van der Waals surface area contributed by atoms with E-state index < -0.39 is 17.9 Å². The van der Waals surface area contributed by atoms with Gasteiger partial charge in [-0.1, -0.05) is 12.1 Å². The molecule has 0 aromatic heterocycles. The molecular weight excluding hydrogens is 448 g/mol. The van der Waals surface area contributed by atoms with E-state index in [1.54, 1.807) is 48.3 Å². The lowest BCUT2D eigenvalue weighted by molar-refractivity contribution is -0.157. The number of piperidine rings is 2. The molecule has 2 saturated heterocycles. The minimum absolute atomic E-state index is 0.0792. The van der Waals surface area contributed by atoms with Gasteiger partial charge >= 0.3 is 5.97 Å². The van der Waals surface area contributed by atoms with Crippen LogP contribution in [-0.2, 0) is 19.1 Å². The number of esters is 1. The maximum atomic E-state index is 13.3. The molecule has 35 heavy (non-hydrogen) atoms. The maximum absolute atomic E-state index is 13.3. The van der Waals surface area contributed by atoms with Gasteiger partial charge in [0.1, 0.15) is 11.5 Å². The van der Waals surface area contributed by atoms with Crippen LogP contribution in [0.5, 0.6) is 11.5 Å². The smallest absolute Gasteiger partial charge is 0.311 e. The van der Waals surface area contributed by atoms with E-state index in [1.807, 2.05) is 24.3 Å². The molecule has 8 heteroatoms. The molecule has 2 aliphatic rings. The molecule has 2 aromatic carbocycles. The summed E-state index contributed by atoms with van der Waals surface area (Å²) in [7, 11) is 3.17. The highest BCUT2D eigenvalue weighted by molar-refractivity contribution is 5.97. The van der Waals surface area contributed by atoms with Crippen LogP contribution in [0.25, 0.3) is 0 Å². The van der Waals surface area contributed by atoms with Crippen molar-refractivity contribution in [1.82, 2.24) is 4.90 Å². The number of benzene rings is 2. The zero-order chi connectivity index (χ0) is 24.8. The van der Waals surface area contributed by atoms with Crippen LogP contribution in [-0.4, -0.2) is 56.6 Å². The lowest BCUT2D eigenvalue weighted by Crippen LogP contribution is -2.46. The minimum Gasteiger partial charge on any atom is -0.497 e. The fraction of sp³-hybridized carbons (Fsp3) is 0.444. The molecule has 2 heterocycles. The van der Waals surface area contributed by atoms with Crippen molar-refractivity contribution >= 4 is 23.5 Å². The predicted octanol–water partition coefficient (Wildman–Crippen LogP) is 3.74. The van der Waals surface area contributed by atoms with Crippen LogP contribution in [0.15, 0.2) is 48.5 Å². The SMILES string of the molecule is COc1ccc([C@H]2[C@H](C(=O)OCC(=O)N3CCCCC3)CCC(=O)N2c2ccc(OC)cc2)cc1. The van der Waals surface area contributed by atoms with Crippen molar-refractivity contribution in [3.63, 3.8) is 0 Å². The van der Waals surface area contributed by atoms with Gasteiger partial charge in [0.05, 0.1) is 26.2 Å². The van der Waals surface area contributed by atoms with E-state index >= 15 is 0 Å². The normalized spacial score (nSPS) is 20.3. The van der Waals surface area contributed by atoms with E-state index in [2.05, 4.69) is 0 Å². The number of anilines is 1. The summed E-state index contributed by atoms with van der Waals surface area (Å²) in [5.41, 5.74) is 1.46. The van der Waals surface area contributed by atoms with Crippen molar-refractivity contribution in [1.29, 1.82) is 0 Å². The average molecular weight is 481 g/mol. The van der Waals surface area contributed by atoms with Crippen LogP contribution < -0.4 is 14.4 Å². The van der Waals surface area contributed by atoms with Gasteiger partial charge in [-0.25, -0.2) is 0 Å². The molecule has 8 nitrogen and oxygen atoms in total. The van der Waals surface area contributed by atoms with Crippen molar-refractivity contribution < 1.29 is 28.6 Å². The molecule has 0 spiro atoms. The van der Waals surface area contributed by atoms with Crippen LogP contribution in [0.4, 0.5) is 5.69 Å². The molecule has 0 bridgehead atoms. The fourth-order valence-electron chi connectivity index (χ4n) is 4.84. The Labute approximate surface area is 205 Å².